The number of carbonyl (C=O) groups excluding carboxylic acids is 1. The summed E-state index contributed by atoms with van der Waals surface area (Å²) in [6.07, 6.45) is 1.38. The van der Waals surface area contributed by atoms with E-state index in [2.05, 4.69) is 5.43 Å². The number of nitrogens with one attached hydrogen (secondary N) is 1. The summed E-state index contributed by atoms with van der Waals surface area (Å²) >= 11 is 0. The van der Waals surface area contributed by atoms with Crippen LogP contribution in [0.3, 0.4) is 0 Å². The van der Waals surface area contributed by atoms with Gasteiger partial charge >= 0.3 is 0 Å². The molecule has 0 bridgehead atoms. The molecule has 0 radical (unpaired) electrons. The van der Waals surface area contributed by atoms with E-state index >= 15 is 0 Å². The Morgan fingerprint density at radius 1 is 1.39 bits per heavy atom. The molecule has 2 rings (SSSR count). The molecule has 0 aromatic carbocycles. The molecule has 1 aliphatic rings. The number of ether oxygens (including phenoxy) is 1. The second kappa shape index (κ2) is 5.12. The van der Waals surface area contributed by atoms with E-state index in [1.807, 2.05) is 30.7 Å². The van der Waals surface area contributed by atoms with Crippen molar-refractivity contribution in [2.75, 3.05) is 25.2 Å². The molecular formula is C13H21N3O2. The molecule has 1 aromatic rings. The second-order valence-electron chi connectivity index (χ2n) is 4.99. The summed E-state index contributed by atoms with van der Waals surface area (Å²) in [5.41, 5.74) is 10.3. The van der Waals surface area contributed by atoms with Crippen molar-refractivity contribution in [2.24, 2.45) is 11.1 Å². The zero-order valence-corrected chi connectivity index (χ0v) is 11.0. The highest BCUT2D eigenvalue weighted by molar-refractivity contribution is 5.90. The van der Waals surface area contributed by atoms with Crippen LogP contribution in [0.5, 0.6) is 0 Å². The highest BCUT2D eigenvalue weighted by Gasteiger charge is 2.39. The first-order chi connectivity index (χ1) is 8.59. The molecule has 5 heteroatoms. The molecule has 0 atom stereocenters. The molecule has 0 unspecified atom stereocenters. The standard InChI is InChI=1S/C13H21N3O2/c1-10-3-4-11(2)16(10)15-12(17)13(9-14)5-7-18-8-6-13/h3-4H,5-9,14H2,1-2H3,(H,15,17). The lowest BCUT2D eigenvalue weighted by atomic mass is 9.79. The number of carbonyl (C=O) groups is 1. The van der Waals surface area contributed by atoms with Gasteiger partial charge in [-0.05, 0) is 38.8 Å². The number of nitrogens with two attached hydrogens (primary N) is 1. The van der Waals surface area contributed by atoms with Crippen molar-refractivity contribution in [1.29, 1.82) is 0 Å². The summed E-state index contributed by atoms with van der Waals surface area (Å²) < 4.78 is 7.13. The van der Waals surface area contributed by atoms with Crippen LogP contribution in [-0.2, 0) is 9.53 Å². The third-order valence-electron chi connectivity index (χ3n) is 3.81. The van der Waals surface area contributed by atoms with Crippen molar-refractivity contribution in [3.05, 3.63) is 23.5 Å². The van der Waals surface area contributed by atoms with Gasteiger partial charge in [0.25, 0.3) is 0 Å². The average molecular weight is 251 g/mol. The highest BCUT2D eigenvalue weighted by atomic mass is 16.5. The van der Waals surface area contributed by atoms with E-state index in [4.69, 9.17) is 10.5 Å². The lowest BCUT2D eigenvalue weighted by Crippen LogP contribution is -2.48. The maximum atomic E-state index is 12.5. The predicted molar refractivity (Wildman–Crippen MR) is 69.8 cm³/mol. The Labute approximate surface area is 107 Å². The predicted octanol–water partition coefficient (Wildman–Crippen LogP) is 0.931. The van der Waals surface area contributed by atoms with E-state index in [9.17, 15) is 4.79 Å². The first-order valence-electron chi connectivity index (χ1n) is 6.33. The quantitative estimate of drug-likeness (QED) is 0.839. The number of amides is 1. The van der Waals surface area contributed by atoms with Gasteiger partial charge in [-0.2, -0.15) is 0 Å². The van der Waals surface area contributed by atoms with Crippen LogP contribution in [0.25, 0.3) is 0 Å². The Kier molecular flexibility index (Phi) is 3.73. The first kappa shape index (κ1) is 13.1. The third kappa shape index (κ3) is 2.28. The summed E-state index contributed by atoms with van der Waals surface area (Å²) in [6, 6.07) is 3.96. The summed E-state index contributed by atoms with van der Waals surface area (Å²) in [7, 11) is 0. The lowest BCUT2D eigenvalue weighted by molar-refractivity contribution is -0.131. The monoisotopic (exact) mass is 251 g/mol. The zero-order chi connectivity index (χ0) is 13.2. The molecule has 1 aliphatic heterocycles. The number of rotatable bonds is 3. The SMILES string of the molecule is Cc1ccc(C)n1NC(=O)C1(CN)CCOCC1. The van der Waals surface area contributed by atoms with E-state index in [-0.39, 0.29) is 5.91 Å². The van der Waals surface area contributed by atoms with Gasteiger partial charge in [-0.3, -0.25) is 14.9 Å². The van der Waals surface area contributed by atoms with Gasteiger partial charge < -0.3 is 10.5 Å². The summed E-state index contributed by atoms with van der Waals surface area (Å²) in [5.74, 6) is -0.00398. The molecule has 1 aromatic heterocycles. The fourth-order valence-electron chi connectivity index (χ4n) is 2.35. The van der Waals surface area contributed by atoms with Gasteiger partial charge in [0.1, 0.15) is 0 Å². The minimum Gasteiger partial charge on any atom is -0.381 e. The normalized spacial score (nSPS) is 18.6. The molecule has 1 amide bonds. The minimum atomic E-state index is -0.485. The van der Waals surface area contributed by atoms with Gasteiger partial charge in [-0.15, -0.1) is 0 Å². The minimum absolute atomic E-state index is 0.00398. The first-order valence-corrected chi connectivity index (χ1v) is 6.33. The van der Waals surface area contributed by atoms with E-state index in [1.54, 1.807) is 0 Å². The zero-order valence-electron chi connectivity index (χ0n) is 11.0. The second-order valence-corrected chi connectivity index (χ2v) is 4.99. The number of nitrogens with zero attached hydrogens (tertiary/aromatic N) is 1. The third-order valence-corrected chi connectivity index (χ3v) is 3.81. The molecular weight excluding hydrogens is 230 g/mol. The van der Waals surface area contributed by atoms with Crippen LogP contribution < -0.4 is 11.2 Å². The smallest absolute Gasteiger partial charge is 0.246 e. The van der Waals surface area contributed by atoms with Crippen molar-refractivity contribution < 1.29 is 9.53 Å². The summed E-state index contributed by atoms with van der Waals surface area (Å²) in [5, 5.41) is 0. The molecule has 0 saturated carbocycles. The van der Waals surface area contributed by atoms with Crippen LogP contribution in [0, 0.1) is 19.3 Å². The van der Waals surface area contributed by atoms with Crippen molar-refractivity contribution in [3.63, 3.8) is 0 Å². The van der Waals surface area contributed by atoms with Gasteiger partial charge in [0.15, 0.2) is 0 Å². The number of aromatic nitrogens is 1. The molecule has 3 N–H and O–H groups in total. The van der Waals surface area contributed by atoms with Gasteiger partial charge in [0, 0.05) is 31.1 Å². The molecule has 1 saturated heterocycles. The summed E-state index contributed by atoms with van der Waals surface area (Å²) in [4.78, 5) is 12.5. The van der Waals surface area contributed by atoms with Gasteiger partial charge in [-0.1, -0.05) is 0 Å². The Morgan fingerprint density at radius 2 is 1.94 bits per heavy atom. The Hall–Kier alpha value is -1.33. The van der Waals surface area contributed by atoms with Crippen LogP contribution >= 0.6 is 0 Å². The molecule has 0 spiro atoms. The molecule has 18 heavy (non-hydrogen) atoms. The lowest BCUT2D eigenvalue weighted by Gasteiger charge is -2.34. The van der Waals surface area contributed by atoms with Gasteiger partial charge in [-0.25, -0.2) is 0 Å². The average Bonchev–Trinajstić information content (AvgIpc) is 2.71. The molecule has 100 valence electrons. The maximum absolute atomic E-state index is 12.5. The Balaban J connectivity index is 2.15. The van der Waals surface area contributed by atoms with Crippen molar-refractivity contribution >= 4 is 5.91 Å². The van der Waals surface area contributed by atoms with E-state index in [0.717, 1.165) is 11.4 Å². The summed E-state index contributed by atoms with van der Waals surface area (Å²) in [6.45, 7) is 5.50. The topological polar surface area (TPSA) is 69.3 Å². The van der Waals surface area contributed by atoms with Crippen LogP contribution in [0.15, 0.2) is 12.1 Å². The maximum Gasteiger partial charge on any atom is 0.246 e. The van der Waals surface area contributed by atoms with Gasteiger partial charge in [0.05, 0.1) is 5.41 Å². The molecule has 0 aliphatic carbocycles. The molecule has 1 fully saturated rings. The fraction of sp³-hybridized carbons (Fsp3) is 0.615. The van der Waals surface area contributed by atoms with Crippen LogP contribution in [0.4, 0.5) is 0 Å². The number of aryl methyl sites for hydroxylation is 2. The van der Waals surface area contributed by atoms with Crippen molar-refractivity contribution in [1.82, 2.24) is 4.68 Å². The molecule has 5 nitrogen and oxygen atoms in total. The number of hydrogen-bond donors (Lipinski definition) is 2. The van der Waals surface area contributed by atoms with E-state index in [1.165, 1.54) is 0 Å². The fourth-order valence-corrected chi connectivity index (χ4v) is 2.35. The van der Waals surface area contributed by atoms with Crippen LogP contribution in [-0.4, -0.2) is 30.3 Å². The Morgan fingerprint density at radius 3 is 2.44 bits per heavy atom. The van der Waals surface area contributed by atoms with Gasteiger partial charge in [0.2, 0.25) is 5.91 Å². The Bertz CT molecular complexity index is 414. The van der Waals surface area contributed by atoms with Crippen LogP contribution in [0.1, 0.15) is 24.2 Å². The van der Waals surface area contributed by atoms with E-state index < -0.39 is 5.41 Å². The van der Waals surface area contributed by atoms with E-state index in [0.29, 0.717) is 32.6 Å². The molecule has 2 heterocycles. The van der Waals surface area contributed by atoms with Crippen molar-refractivity contribution in [3.8, 4) is 0 Å². The van der Waals surface area contributed by atoms with Crippen molar-refractivity contribution in [2.45, 2.75) is 26.7 Å². The highest BCUT2D eigenvalue weighted by Crippen LogP contribution is 2.30. The largest absolute Gasteiger partial charge is 0.381 e. The number of hydrogen-bond acceptors (Lipinski definition) is 3. The van der Waals surface area contributed by atoms with Crippen LogP contribution in [0.2, 0.25) is 0 Å².